The Kier molecular flexibility index (Phi) is 0.569. The average Bonchev–Trinajstić information content (AvgIpc) is 2.06. The lowest BCUT2D eigenvalue weighted by molar-refractivity contribution is -0.138. The maximum atomic E-state index is 9.64. The van der Waals surface area contributed by atoms with Gasteiger partial charge < -0.3 is 9.84 Å². The summed E-state index contributed by atoms with van der Waals surface area (Å²) in [5.41, 5.74) is 0. The van der Waals surface area contributed by atoms with E-state index < -0.39 is 12.1 Å². The molecule has 1 saturated heterocycles. The molecule has 0 radical (unpaired) electrons. The van der Waals surface area contributed by atoms with Crippen molar-refractivity contribution in [3.05, 3.63) is 0 Å². The van der Waals surface area contributed by atoms with Crippen molar-refractivity contribution in [3.8, 4) is 0 Å². The molecule has 1 aliphatic rings. The summed E-state index contributed by atoms with van der Waals surface area (Å²) >= 11 is 0. The zero-order valence-electron chi connectivity index (χ0n) is 3.05. The second-order valence-electron chi connectivity index (χ2n) is 1.16. The van der Waals surface area contributed by atoms with E-state index >= 15 is 0 Å². The third-order valence-corrected chi connectivity index (χ3v) is 0.609. The minimum absolute atomic E-state index is 0.398. The van der Waals surface area contributed by atoms with Crippen molar-refractivity contribution in [2.75, 3.05) is 6.61 Å². The molecule has 0 amide bonds. The van der Waals surface area contributed by atoms with Gasteiger partial charge in [-0.25, -0.2) is 4.79 Å². The van der Waals surface area contributed by atoms with Gasteiger partial charge in [-0.3, -0.25) is 0 Å². The van der Waals surface area contributed by atoms with Crippen LogP contribution in [0.15, 0.2) is 0 Å². The summed E-state index contributed by atoms with van der Waals surface area (Å²) in [6.07, 6.45) is -0.481. The molecule has 1 fully saturated rings. The summed E-state index contributed by atoms with van der Waals surface area (Å²) in [6, 6.07) is 0. The van der Waals surface area contributed by atoms with E-state index in [2.05, 4.69) is 4.74 Å². The fourth-order valence-electron chi connectivity index (χ4n) is 0.191. The lowest BCUT2D eigenvalue weighted by Crippen LogP contribution is -2.02. The Morgan fingerprint density at radius 1 is 2.00 bits per heavy atom. The first-order valence-corrected chi connectivity index (χ1v) is 1.65. The quantitative estimate of drug-likeness (QED) is 0.438. The molecule has 1 atom stereocenters. The van der Waals surface area contributed by atoms with E-state index in [0.717, 1.165) is 0 Å². The highest BCUT2D eigenvalue weighted by atomic mass is 16.6. The molecule has 1 heterocycles. The lowest BCUT2D eigenvalue weighted by atomic mass is 10.5. The fraction of sp³-hybridized carbons (Fsp3) is 0.667. The maximum absolute atomic E-state index is 9.64. The number of carboxylic acids is 1. The minimum atomic E-state index is -0.852. The van der Waals surface area contributed by atoms with Gasteiger partial charge in [-0.2, -0.15) is 0 Å². The molecule has 1 rings (SSSR count). The Morgan fingerprint density at radius 3 is 2.50 bits per heavy atom. The summed E-state index contributed by atoms with van der Waals surface area (Å²) in [7, 11) is 0. The molecule has 0 aliphatic carbocycles. The van der Waals surface area contributed by atoms with Crippen molar-refractivity contribution < 1.29 is 14.6 Å². The maximum Gasteiger partial charge on any atom is 0.335 e. The molecular formula is C3H4O3. The zero-order chi connectivity index (χ0) is 4.57. The number of hydrogen-bond acceptors (Lipinski definition) is 2. The molecule has 3 heteroatoms. The van der Waals surface area contributed by atoms with Crippen molar-refractivity contribution in [2.24, 2.45) is 0 Å². The van der Waals surface area contributed by atoms with Gasteiger partial charge in [0.25, 0.3) is 0 Å². The Bertz CT molecular complexity index is 74.1. The van der Waals surface area contributed by atoms with E-state index in [-0.39, 0.29) is 0 Å². The topological polar surface area (TPSA) is 49.8 Å². The van der Waals surface area contributed by atoms with Crippen LogP contribution in [0.1, 0.15) is 0 Å². The summed E-state index contributed by atoms with van der Waals surface area (Å²) < 4.78 is 4.37. The van der Waals surface area contributed by atoms with E-state index in [9.17, 15) is 4.79 Å². The predicted octanol–water partition coefficient (Wildman–Crippen LogP) is -0.530. The van der Waals surface area contributed by atoms with Crippen molar-refractivity contribution in [1.29, 1.82) is 0 Å². The van der Waals surface area contributed by atoms with Crippen LogP contribution in [0.2, 0.25) is 0 Å². The molecular weight excluding hydrogens is 84.0 g/mol. The highest BCUT2D eigenvalue weighted by molar-refractivity contribution is 5.74. The third kappa shape index (κ3) is 0.490. The van der Waals surface area contributed by atoms with Gasteiger partial charge in [0.2, 0.25) is 0 Å². The number of epoxide rings is 1. The minimum Gasteiger partial charge on any atom is -0.479 e. The second kappa shape index (κ2) is 0.944. The second-order valence-corrected chi connectivity index (χ2v) is 1.16. The van der Waals surface area contributed by atoms with Crippen LogP contribution in [0, 0.1) is 0 Å². The summed E-state index contributed by atoms with van der Waals surface area (Å²) in [6.45, 7) is 0.398. The molecule has 0 spiro atoms. The molecule has 0 aromatic rings. The van der Waals surface area contributed by atoms with Crippen LogP contribution in [0.4, 0.5) is 0 Å². The van der Waals surface area contributed by atoms with Gasteiger partial charge in [0.15, 0.2) is 6.10 Å². The standard InChI is InChI=1S/C3H4O3/c4-3(5)2-1-6-2/h2H,1H2,(H,4,5)/t2-/m1/s1. The molecule has 6 heavy (non-hydrogen) atoms. The number of rotatable bonds is 1. The Balaban J connectivity index is 2.31. The van der Waals surface area contributed by atoms with Gasteiger partial charge in [0.05, 0.1) is 6.61 Å². The Labute approximate surface area is 34.5 Å². The molecule has 34 valence electrons. The molecule has 0 aromatic heterocycles. The van der Waals surface area contributed by atoms with E-state index in [0.29, 0.717) is 6.61 Å². The Morgan fingerprint density at radius 2 is 2.50 bits per heavy atom. The smallest absolute Gasteiger partial charge is 0.335 e. The van der Waals surface area contributed by atoms with Crippen molar-refractivity contribution in [3.63, 3.8) is 0 Å². The number of carboxylic acid groups (broad SMARTS) is 1. The molecule has 1 aliphatic heterocycles. The highest BCUT2D eigenvalue weighted by Crippen LogP contribution is 2.06. The van der Waals surface area contributed by atoms with Crippen molar-refractivity contribution in [2.45, 2.75) is 6.10 Å². The molecule has 0 unspecified atom stereocenters. The number of carbonyl (C=O) groups is 1. The van der Waals surface area contributed by atoms with E-state index in [1.807, 2.05) is 0 Å². The first-order valence-electron chi connectivity index (χ1n) is 1.65. The number of ether oxygens (including phenoxy) is 1. The van der Waals surface area contributed by atoms with Crippen LogP contribution >= 0.6 is 0 Å². The van der Waals surface area contributed by atoms with Crippen molar-refractivity contribution >= 4 is 5.97 Å². The molecule has 1 N–H and O–H groups in total. The van der Waals surface area contributed by atoms with Gasteiger partial charge >= 0.3 is 5.97 Å². The normalized spacial score (nSPS) is 29.7. The first kappa shape index (κ1) is 3.61. The Hall–Kier alpha value is -0.570. The van der Waals surface area contributed by atoms with Gasteiger partial charge in [-0.05, 0) is 0 Å². The van der Waals surface area contributed by atoms with Gasteiger partial charge in [-0.15, -0.1) is 0 Å². The van der Waals surface area contributed by atoms with Gasteiger partial charge in [0.1, 0.15) is 0 Å². The monoisotopic (exact) mass is 88.0 g/mol. The van der Waals surface area contributed by atoms with Crippen LogP contribution < -0.4 is 0 Å². The SMILES string of the molecule is O=C(O)[C@H]1CO1. The largest absolute Gasteiger partial charge is 0.479 e. The van der Waals surface area contributed by atoms with Crippen LogP contribution in [0.25, 0.3) is 0 Å². The summed E-state index contributed by atoms with van der Waals surface area (Å²) in [5.74, 6) is -0.852. The lowest BCUT2D eigenvalue weighted by Gasteiger charge is -1.72. The van der Waals surface area contributed by atoms with Crippen LogP contribution in [-0.2, 0) is 9.53 Å². The van der Waals surface area contributed by atoms with Gasteiger partial charge in [0, 0.05) is 0 Å². The number of hydrogen-bond donors (Lipinski definition) is 1. The fourth-order valence-corrected chi connectivity index (χ4v) is 0.191. The van der Waals surface area contributed by atoms with Gasteiger partial charge in [-0.1, -0.05) is 0 Å². The van der Waals surface area contributed by atoms with Crippen LogP contribution in [0.5, 0.6) is 0 Å². The van der Waals surface area contributed by atoms with Crippen LogP contribution in [-0.4, -0.2) is 23.8 Å². The van der Waals surface area contributed by atoms with E-state index in [1.54, 1.807) is 0 Å². The highest BCUT2D eigenvalue weighted by Gasteiger charge is 2.30. The third-order valence-electron chi connectivity index (χ3n) is 0.609. The van der Waals surface area contributed by atoms with E-state index in [1.165, 1.54) is 0 Å². The first-order chi connectivity index (χ1) is 2.80. The van der Waals surface area contributed by atoms with Crippen LogP contribution in [0.3, 0.4) is 0 Å². The van der Waals surface area contributed by atoms with Crippen molar-refractivity contribution in [1.82, 2.24) is 0 Å². The molecule has 0 saturated carbocycles. The molecule has 0 bridgehead atoms. The predicted molar refractivity (Wildman–Crippen MR) is 17.4 cm³/mol. The molecule has 0 aromatic carbocycles. The van der Waals surface area contributed by atoms with E-state index in [4.69, 9.17) is 5.11 Å². The summed E-state index contributed by atoms with van der Waals surface area (Å²) in [5, 5.41) is 7.93. The number of aliphatic carboxylic acids is 1. The average molecular weight is 88.1 g/mol. The molecule has 3 nitrogen and oxygen atoms in total. The summed E-state index contributed by atoms with van der Waals surface area (Å²) in [4.78, 5) is 9.64. The zero-order valence-corrected chi connectivity index (χ0v) is 3.05.